The predicted molar refractivity (Wildman–Crippen MR) is 60.1 cm³/mol. The van der Waals surface area contributed by atoms with Crippen LogP contribution in [0.2, 0.25) is 0 Å². The zero-order chi connectivity index (χ0) is 12.3. The molecule has 1 aliphatic carbocycles. The highest BCUT2D eigenvalue weighted by molar-refractivity contribution is 5.88. The van der Waals surface area contributed by atoms with Crippen molar-refractivity contribution >= 4 is 5.97 Å². The number of carbonyl (C=O) groups is 1. The second-order valence-corrected chi connectivity index (χ2v) is 4.16. The quantitative estimate of drug-likeness (QED) is 0.832. The Morgan fingerprint density at radius 1 is 1.41 bits per heavy atom. The van der Waals surface area contributed by atoms with Gasteiger partial charge in [-0.1, -0.05) is 6.42 Å². The fraction of sp³-hybridized carbons (Fsp3) is 0.500. The average molecular weight is 237 g/mol. The van der Waals surface area contributed by atoms with E-state index < -0.39 is 12.1 Å². The van der Waals surface area contributed by atoms with Crippen molar-refractivity contribution in [2.24, 2.45) is 0 Å². The average Bonchev–Trinajstić information content (AvgIpc) is 2.32. The summed E-state index contributed by atoms with van der Waals surface area (Å²) in [5.41, 5.74) is -0.106. The molecule has 1 heterocycles. The van der Waals surface area contributed by atoms with Gasteiger partial charge in [-0.05, 0) is 31.4 Å². The lowest BCUT2D eigenvalue weighted by molar-refractivity contribution is 0.00580. The topological polar surface area (TPSA) is 79.7 Å². The van der Waals surface area contributed by atoms with Crippen LogP contribution in [-0.4, -0.2) is 33.4 Å². The summed E-state index contributed by atoms with van der Waals surface area (Å²) in [7, 11) is 0. The molecule has 0 radical (unpaired) electrons. The minimum absolute atomic E-state index is 0.106. The number of aromatic nitrogens is 1. The summed E-state index contributed by atoms with van der Waals surface area (Å²) < 4.78 is 5.57. The van der Waals surface area contributed by atoms with Crippen LogP contribution in [0.4, 0.5) is 0 Å². The molecule has 1 aliphatic rings. The standard InChI is InChI=1S/C12H15NO4/c14-8-4-1-2-5-9(8)17-10-6-3-7-13-11(10)12(15)16/h3,6-9,14H,1-2,4-5H2,(H,15,16). The van der Waals surface area contributed by atoms with Gasteiger partial charge in [0.15, 0.2) is 11.4 Å². The van der Waals surface area contributed by atoms with Crippen LogP contribution in [0.5, 0.6) is 5.75 Å². The third-order valence-corrected chi connectivity index (χ3v) is 2.92. The van der Waals surface area contributed by atoms with Crippen molar-refractivity contribution in [1.29, 1.82) is 0 Å². The Bertz CT molecular complexity index is 407. The minimum atomic E-state index is -1.12. The zero-order valence-electron chi connectivity index (χ0n) is 9.37. The fourth-order valence-electron chi connectivity index (χ4n) is 2.02. The molecule has 1 fully saturated rings. The molecule has 2 atom stereocenters. The van der Waals surface area contributed by atoms with E-state index in [0.29, 0.717) is 6.42 Å². The van der Waals surface area contributed by atoms with Gasteiger partial charge in [-0.15, -0.1) is 0 Å². The number of hydrogen-bond donors (Lipinski definition) is 2. The van der Waals surface area contributed by atoms with Crippen LogP contribution in [0, 0.1) is 0 Å². The van der Waals surface area contributed by atoms with Gasteiger partial charge in [0.25, 0.3) is 0 Å². The number of rotatable bonds is 3. The van der Waals surface area contributed by atoms with E-state index in [0.717, 1.165) is 19.3 Å². The number of aromatic carboxylic acids is 1. The Morgan fingerprint density at radius 3 is 2.88 bits per heavy atom. The van der Waals surface area contributed by atoms with Crippen molar-refractivity contribution in [2.45, 2.75) is 37.9 Å². The lowest BCUT2D eigenvalue weighted by Gasteiger charge is -2.28. The van der Waals surface area contributed by atoms with E-state index in [1.54, 1.807) is 12.1 Å². The summed E-state index contributed by atoms with van der Waals surface area (Å²) in [6.45, 7) is 0. The first-order valence-electron chi connectivity index (χ1n) is 5.71. The molecule has 92 valence electrons. The molecule has 0 spiro atoms. The molecule has 2 rings (SSSR count). The highest BCUT2D eigenvalue weighted by Crippen LogP contribution is 2.25. The maximum Gasteiger partial charge on any atom is 0.358 e. The van der Waals surface area contributed by atoms with E-state index in [-0.39, 0.29) is 17.5 Å². The Morgan fingerprint density at radius 2 is 2.18 bits per heavy atom. The third kappa shape index (κ3) is 2.74. The highest BCUT2D eigenvalue weighted by atomic mass is 16.5. The van der Waals surface area contributed by atoms with Gasteiger partial charge in [0.05, 0.1) is 6.10 Å². The molecule has 0 bridgehead atoms. The molecule has 0 aliphatic heterocycles. The molecule has 0 saturated heterocycles. The molecule has 2 N–H and O–H groups in total. The van der Waals surface area contributed by atoms with Crippen LogP contribution in [-0.2, 0) is 0 Å². The van der Waals surface area contributed by atoms with Crippen molar-refractivity contribution in [2.75, 3.05) is 0 Å². The van der Waals surface area contributed by atoms with Crippen LogP contribution in [0.25, 0.3) is 0 Å². The second-order valence-electron chi connectivity index (χ2n) is 4.16. The number of pyridine rings is 1. The number of carboxylic acid groups (broad SMARTS) is 1. The van der Waals surface area contributed by atoms with Crippen LogP contribution < -0.4 is 4.74 Å². The zero-order valence-corrected chi connectivity index (χ0v) is 9.37. The molecule has 1 aromatic rings. The first-order valence-corrected chi connectivity index (χ1v) is 5.71. The van der Waals surface area contributed by atoms with Crippen molar-refractivity contribution in [3.63, 3.8) is 0 Å². The lowest BCUT2D eigenvalue weighted by atomic mass is 9.95. The summed E-state index contributed by atoms with van der Waals surface area (Å²) in [6, 6.07) is 3.19. The summed E-state index contributed by atoms with van der Waals surface area (Å²) in [4.78, 5) is 14.7. The third-order valence-electron chi connectivity index (χ3n) is 2.92. The number of nitrogens with zero attached hydrogens (tertiary/aromatic N) is 1. The Labute approximate surface area is 99.1 Å². The monoisotopic (exact) mass is 237 g/mol. The van der Waals surface area contributed by atoms with Crippen molar-refractivity contribution < 1.29 is 19.7 Å². The molecule has 2 unspecified atom stereocenters. The van der Waals surface area contributed by atoms with E-state index in [4.69, 9.17) is 9.84 Å². The SMILES string of the molecule is O=C(O)c1ncccc1OC1CCCCC1O. The normalized spacial score (nSPS) is 24.3. The minimum Gasteiger partial charge on any atom is -0.485 e. The molecule has 1 saturated carbocycles. The smallest absolute Gasteiger partial charge is 0.358 e. The van der Waals surface area contributed by atoms with Crippen LogP contribution in [0.1, 0.15) is 36.2 Å². The van der Waals surface area contributed by atoms with Gasteiger partial charge in [0, 0.05) is 6.20 Å². The summed E-state index contributed by atoms with van der Waals surface area (Å²) in [5.74, 6) is -0.892. The molecule has 5 heteroatoms. The van der Waals surface area contributed by atoms with Crippen LogP contribution in [0.3, 0.4) is 0 Å². The summed E-state index contributed by atoms with van der Waals surface area (Å²) in [5, 5.41) is 18.7. The van der Waals surface area contributed by atoms with Crippen molar-refractivity contribution in [1.82, 2.24) is 4.98 Å². The number of carboxylic acids is 1. The highest BCUT2D eigenvalue weighted by Gasteiger charge is 2.26. The van der Waals surface area contributed by atoms with Gasteiger partial charge < -0.3 is 14.9 Å². The first-order chi connectivity index (χ1) is 8.18. The van der Waals surface area contributed by atoms with Crippen LogP contribution in [0.15, 0.2) is 18.3 Å². The number of aliphatic hydroxyl groups is 1. The Kier molecular flexibility index (Phi) is 3.58. The number of hydrogen-bond acceptors (Lipinski definition) is 4. The van der Waals surface area contributed by atoms with Crippen molar-refractivity contribution in [3.05, 3.63) is 24.0 Å². The Balaban J connectivity index is 2.14. The van der Waals surface area contributed by atoms with Gasteiger partial charge >= 0.3 is 5.97 Å². The van der Waals surface area contributed by atoms with Gasteiger partial charge in [-0.25, -0.2) is 9.78 Å². The van der Waals surface area contributed by atoms with E-state index in [9.17, 15) is 9.90 Å². The van der Waals surface area contributed by atoms with Gasteiger partial charge in [-0.3, -0.25) is 0 Å². The maximum atomic E-state index is 10.9. The molecule has 0 amide bonds. The van der Waals surface area contributed by atoms with Gasteiger partial charge in [0.1, 0.15) is 6.10 Å². The van der Waals surface area contributed by atoms with E-state index in [2.05, 4.69) is 4.98 Å². The summed E-state index contributed by atoms with van der Waals surface area (Å²) >= 11 is 0. The van der Waals surface area contributed by atoms with Gasteiger partial charge in [-0.2, -0.15) is 0 Å². The maximum absolute atomic E-state index is 10.9. The molecule has 1 aromatic heterocycles. The largest absolute Gasteiger partial charge is 0.485 e. The van der Waals surface area contributed by atoms with Crippen LogP contribution >= 0.6 is 0 Å². The number of ether oxygens (including phenoxy) is 1. The second kappa shape index (κ2) is 5.14. The van der Waals surface area contributed by atoms with Crippen molar-refractivity contribution in [3.8, 4) is 5.75 Å². The Hall–Kier alpha value is -1.62. The summed E-state index contributed by atoms with van der Waals surface area (Å²) in [6.07, 6.45) is 3.98. The van der Waals surface area contributed by atoms with E-state index >= 15 is 0 Å². The fourth-order valence-corrected chi connectivity index (χ4v) is 2.02. The van der Waals surface area contributed by atoms with Gasteiger partial charge in [0.2, 0.25) is 0 Å². The predicted octanol–water partition coefficient (Wildman–Crippen LogP) is 1.46. The lowest BCUT2D eigenvalue weighted by Crippen LogP contribution is -2.35. The molecular weight excluding hydrogens is 222 g/mol. The molecule has 17 heavy (non-hydrogen) atoms. The van der Waals surface area contributed by atoms with E-state index in [1.807, 2.05) is 0 Å². The first kappa shape index (κ1) is 11.9. The molecule has 5 nitrogen and oxygen atoms in total. The molecular formula is C12H15NO4. The molecule has 0 aromatic carbocycles. The van der Waals surface area contributed by atoms with E-state index in [1.165, 1.54) is 6.20 Å². The number of aliphatic hydroxyl groups excluding tert-OH is 1.